The van der Waals surface area contributed by atoms with Gasteiger partial charge in [-0.05, 0) is 25.0 Å². The van der Waals surface area contributed by atoms with Gasteiger partial charge in [0.1, 0.15) is 0 Å². The van der Waals surface area contributed by atoms with Crippen molar-refractivity contribution >= 4 is 23.5 Å². The van der Waals surface area contributed by atoms with Crippen molar-refractivity contribution < 1.29 is 14.7 Å². The molecule has 2 aromatic heterocycles. The minimum atomic E-state index is -1.03. The predicted octanol–water partition coefficient (Wildman–Crippen LogP) is 1.56. The Bertz CT molecular complexity index is 673. The summed E-state index contributed by atoms with van der Waals surface area (Å²) in [4.78, 5) is 23.0. The van der Waals surface area contributed by atoms with Crippen LogP contribution in [0.15, 0.2) is 18.3 Å². The molecule has 104 valence electrons. The maximum atomic E-state index is 12.1. The highest BCUT2D eigenvalue weighted by Crippen LogP contribution is 2.25. The van der Waals surface area contributed by atoms with Gasteiger partial charge in [-0.3, -0.25) is 14.5 Å². The molecule has 3 rings (SSSR count). The van der Waals surface area contributed by atoms with E-state index in [1.807, 2.05) is 0 Å². The largest absolute Gasteiger partial charge is 0.478 e. The maximum Gasteiger partial charge on any atom is 0.337 e. The summed E-state index contributed by atoms with van der Waals surface area (Å²) in [6.45, 7) is 0. The minimum Gasteiger partial charge on any atom is -0.478 e. The fraction of sp³-hybridized carbons (Fsp3) is 0.385. The number of amides is 1. The van der Waals surface area contributed by atoms with E-state index in [0.29, 0.717) is 5.65 Å². The molecule has 0 spiro atoms. The number of nitrogens with one attached hydrogen (secondary N) is 1. The molecule has 7 nitrogen and oxygen atoms in total. The van der Waals surface area contributed by atoms with Gasteiger partial charge in [-0.15, -0.1) is 10.2 Å². The lowest BCUT2D eigenvalue weighted by Crippen LogP contribution is -2.21. The van der Waals surface area contributed by atoms with Gasteiger partial charge in [-0.1, -0.05) is 12.8 Å². The lowest BCUT2D eigenvalue weighted by molar-refractivity contribution is -0.119. The van der Waals surface area contributed by atoms with Crippen LogP contribution in [0, 0.1) is 5.92 Å². The number of carboxylic acid groups (broad SMARTS) is 1. The van der Waals surface area contributed by atoms with Crippen LogP contribution >= 0.6 is 0 Å². The van der Waals surface area contributed by atoms with E-state index in [9.17, 15) is 9.59 Å². The van der Waals surface area contributed by atoms with Crippen molar-refractivity contribution in [2.24, 2.45) is 5.92 Å². The number of carbonyl (C=O) groups is 2. The maximum absolute atomic E-state index is 12.1. The number of nitrogens with zero attached hydrogens (tertiary/aromatic N) is 3. The average molecular weight is 274 g/mol. The quantitative estimate of drug-likeness (QED) is 0.885. The third-order valence-corrected chi connectivity index (χ3v) is 3.61. The summed E-state index contributed by atoms with van der Waals surface area (Å²) in [5, 5.41) is 19.5. The van der Waals surface area contributed by atoms with E-state index in [0.717, 1.165) is 25.7 Å². The molecule has 1 aliphatic rings. The number of aromatic nitrogens is 3. The molecule has 1 fully saturated rings. The molecule has 2 N–H and O–H groups in total. The summed E-state index contributed by atoms with van der Waals surface area (Å²) in [6, 6.07) is 3.01. The Morgan fingerprint density at radius 2 is 2.00 bits per heavy atom. The van der Waals surface area contributed by atoms with Crippen molar-refractivity contribution in [2.45, 2.75) is 25.7 Å². The van der Waals surface area contributed by atoms with Gasteiger partial charge in [0.2, 0.25) is 11.9 Å². The fourth-order valence-corrected chi connectivity index (χ4v) is 2.50. The van der Waals surface area contributed by atoms with E-state index in [-0.39, 0.29) is 23.3 Å². The molecule has 1 saturated carbocycles. The second kappa shape index (κ2) is 4.92. The van der Waals surface area contributed by atoms with Crippen LogP contribution < -0.4 is 5.32 Å². The zero-order valence-corrected chi connectivity index (χ0v) is 10.7. The normalized spacial score (nSPS) is 15.6. The summed E-state index contributed by atoms with van der Waals surface area (Å²) >= 11 is 0. The van der Waals surface area contributed by atoms with Gasteiger partial charge in [-0.25, -0.2) is 4.79 Å². The molecule has 1 aliphatic carbocycles. The molecular formula is C13H14N4O3. The summed E-state index contributed by atoms with van der Waals surface area (Å²) in [5.41, 5.74) is 0.616. The first kappa shape index (κ1) is 12.6. The van der Waals surface area contributed by atoms with Gasteiger partial charge in [-0.2, -0.15) is 0 Å². The van der Waals surface area contributed by atoms with Crippen LogP contribution in [0.25, 0.3) is 5.65 Å². The molecule has 0 bridgehead atoms. The molecule has 0 unspecified atom stereocenters. The molecular weight excluding hydrogens is 260 g/mol. The van der Waals surface area contributed by atoms with Gasteiger partial charge in [0.15, 0.2) is 5.65 Å². The van der Waals surface area contributed by atoms with Crippen LogP contribution in [0.5, 0.6) is 0 Å². The first-order valence-electron chi connectivity index (χ1n) is 6.54. The van der Waals surface area contributed by atoms with E-state index in [1.54, 1.807) is 6.07 Å². The Hall–Kier alpha value is -2.44. The van der Waals surface area contributed by atoms with E-state index < -0.39 is 5.97 Å². The monoisotopic (exact) mass is 274 g/mol. The van der Waals surface area contributed by atoms with Crippen LogP contribution in [0.4, 0.5) is 5.95 Å². The van der Waals surface area contributed by atoms with Gasteiger partial charge < -0.3 is 5.11 Å². The topological polar surface area (TPSA) is 96.6 Å². The van der Waals surface area contributed by atoms with Crippen LogP contribution in [0.2, 0.25) is 0 Å². The number of fused-ring (bicyclic) bond motifs is 1. The van der Waals surface area contributed by atoms with Crippen LogP contribution in [0.1, 0.15) is 36.0 Å². The SMILES string of the molecule is O=C(O)c1ccc2nnc(NC(=O)C3CCCC3)n2c1. The first-order valence-corrected chi connectivity index (χ1v) is 6.54. The minimum absolute atomic E-state index is 0.0185. The van der Waals surface area contributed by atoms with Gasteiger partial charge >= 0.3 is 5.97 Å². The highest BCUT2D eigenvalue weighted by Gasteiger charge is 2.24. The molecule has 0 radical (unpaired) electrons. The van der Waals surface area contributed by atoms with E-state index >= 15 is 0 Å². The van der Waals surface area contributed by atoms with Gasteiger partial charge in [0, 0.05) is 12.1 Å². The molecule has 2 heterocycles. The summed E-state index contributed by atoms with van der Waals surface area (Å²) < 4.78 is 1.48. The Morgan fingerprint density at radius 1 is 1.25 bits per heavy atom. The zero-order valence-electron chi connectivity index (χ0n) is 10.7. The van der Waals surface area contributed by atoms with Crippen LogP contribution in [0.3, 0.4) is 0 Å². The lowest BCUT2D eigenvalue weighted by atomic mass is 10.1. The Morgan fingerprint density at radius 3 is 2.70 bits per heavy atom. The molecule has 2 aromatic rings. The second-order valence-corrected chi connectivity index (χ2v) is 4.95. The molecule has 7 heteroatoms. The molecule has 1 amide bonds. The number of aromatic carboxylic acids is 1. The van der Waals surface area contributed by atoms with E-state index in [2.05, 4.69) is 15.5 Å². The highest BCUT2D eigenvalue weighted by atomic mass is 16.4. The number of rotatable bonds is 3. The van der Waals surface area contributed by atoms with Crippen LogP contribution in [-0.2, 0) is 4.79 Å². The van der Waals surface area contributed by atoms with Crippen molar-refractivity contribution in [3.8, 4) is 0 Å². The van der Waals surface area contributed by atoms with Crippen molar-refractivity contribution in [2.75, 3.05) is 5.32 Å². The molecule has 20 heavy (non-hydrogen) atoms. The third-order valence-electron chi connectivity index (χ3n) is 3.61. The molecule has 0 atom stereocenters. The second-order valence-electron chi connectivity index (χ2n) is 4.95. The Balaban J connectivity index is 1.89. The number of anilines is 1. The van der Waals surface area contributed by atoms with E-state index in [1.165, 1.54) is 16.7 Å². The first-order chi connectivity index (χ1) is 9.65. The molecule has 0 saturated heterocycles. The van der Waals surface area contributed by atoms with Crippen molar-refractivity contribution in [1.29, 1.82) is 0 Å². The van der Waals surface area contributed by atoms with Crippen molar-refractivity contribution in [3.05, 3.63) is 23.9 Å². The zero-order chi connectivity index (χ0) is 14.1. The summed E-state index contributed by atoms with van der Waals surface area (Å²) in [6.07, 6.45) is 5.33. The van der Waals surface area contributed by atoms with Crippen LogP contribution in [-0.4, -0.2) is 31.6 Å². The smallest absolute Gasteiger partial charge is 0.337 e. The molecule has 0 aromatic carbocycles. The van der Waals surface area contributed by atoms with Gasteiger partial charge in [0.05, 0.1) is 5.56 Å². The lowest BCUT2D eigenvalue weighted by Gasteiger charge is -2.08. The standard InChI is InChI=1S/C13H14N4O3/c18-11(8-3-1-2-4-8)14-13-16-15-10-6-5-9(12(19)20)7-17(10)13/h5-8H,1-4H2,(H,19,20)(H,14,16,18). The third kappa shape index (κ3) is 2.22. The number of carbonyl (C=O) groups excluding carboxylic acids is 1. The summed E-state index contributed by atoms with van der Waals surface area (Å²) in [5.74, 6) is -0.823. The number of hydrogen-bond donors (Lipinski definition) is 2. The fourth-order valence-electron chi connectivity index (χ4n) is 2.50. The van der Waals surface area contributed by atoms with Crippen molar-refractivity contribution in [1.82, 2.24) is 14.6 Å². The molecule has 0 aliphatic heterocycles. The van der Waals surface area contributed by atoms with E-state index in [4.69, 9.17) is 5.11 Å². The number of pyridine rings is 1. The highest BCUT2D eigenvalue weighted by molar-refractivity contribution is 5.92. The number of hydrogen-bond acceptors (Lipinski definition) is 4. The Labute approximate surface area is 114 Å². The predicted molar refractivity (Wildman–Crippen MR) is 70.5 cm³/mol. The van der Waals surface area contributed by atoms with Gasteiger partial charge in [0.25, 0.3) is 0 Å². The number of carboxylic acids is 1. The summed E-state index contributed by atoms with van der Waals surface area (Å²) in [7, 11) is 0. The van der Waals surface area contributed by atoms with Crippen molar-refractivity contribution in [3.63, 3.8) is 0 Å². The average Bonchev–Trinajstić information content (AvgIpc) is 3.08. The Kier molecular flexibility index (Phi) is 3.09.